The lowest BCUT2D eigenvalue weighted by Gasteiger charge is -2.15. The average Bonchev–Trinajstić information content (AvgIpc) is 3.05. The number of thioether (sulfide) groups is 1. The number of carbonyl (C=O) groups excluding carboxylic acids is 1. The van der Waals surface area contributed by atoms with Crippen molar-refractivity contribution in [2.24, 2.45) is 0 Å². The maximum Gasteiger partial charge on any atom is 0.303 e. The van der Waals surface area contributed by atoms with Crippen molar-refractivity contribution < 1.29 is 24.2 Å². The summed E-state index contributed by atoms with van der Waals surface area (Å²) in [5, 5.41) is 8.75. The Morgan fingerprint density at radius 2 is 1.97 bits per heavy atom. The summed E-state index contributed by atoms with van der Waals surface area (Å²) in [5.74, 6) is 0.234. The van der Waals surface area contributed by atoms with Crippen LogP contribution in [0.25, 0.3) is 6.08 Å². The fourth-order valence-electron chi connectivity index (χ4n) is 3.42. The molecule has 0 unspecified atom stereocenters. The highest BCUT2D eigenvalue weighted by molar-refractivity contribution is 9.10. The van der Waals surface area contributed by atoms with Gasteiger partial charge in [-0.2, -0.15) is 0 Å². The van der Waals surface area contributed by atoms with E-state index in [1.165, 1.54) is 11.8 Å². The minimum Gasteiger partial charge on any atom is -0.490 e. The van der Waals surface area contributed by atoms with E-state index in [1.807, 2.05) is 43.3 Å². The SMILES string of the molecule is CCOc1cc(/C=C2/SC(=S)N(CCCCCC(=O)O)C2=O)cc(Br)c1OCc1cccc(Br)c1. The molecule has 1 saturated heterocycles. The largest absolute Gasteiger partial charge is 0.490 e. The van der Waals surface area contributed by atoms with Crippen molar-refractivity contribution in [3.63, 3.8) is 0 Å². The third-order valence-electron chi connectivity index (χ3n) is 5.05. The number of carboxylic acids is 1. The molecule has 0 spiro atoms. The van der Waals surface area contributed by atoms with E-state index in [-0.39, 0.29) is 12.3 Å². The van der Waals surface area contributed by atoms with E-state index < -0.39 is 5.97 Å². The van der Waals surface area contributed by atoms with Gasteiger partial charge < -0.3 is 14.6 Å². The lowest BCUT2D eigenvalue weighted by atomic mass is 10.1. The van der Waals surface area contributed by atoms with Crippen LogP contribution in [0.4, 0.5) is 0 Å². The van der Waals surface area contributed by atoms with E-state index in [9.17, 15) is 9.59 Å². The number of thiocarbonyl (C=S) groups is 1. The number of amides is 1. The van der Waals surface area contributed by atoms with Gasteiger partial charge in [0.1, 0.15) is 10.9 Å². The van der Waals surface area contributed by atoms with Crippen molar-refractivity contribution in [1.29, 1.82) is 0 Å². The molecule has 0 atom stereocenters. The van der Waals surface area contributed by atoms with E-state index in [4.69, 9.17) is 26.8 Å². The van der Waals surface area contributed by atoms with Crippen LogP contribution in [-0.4, -0.2) is 39.4 Å². The smallest absolute Gasteiger partial charge is 0.303 e. The number of halogens is 2. The van der Waals surface area contributed by atoms with Crippen molar-refractivity contribution in [3.05, 3.63) is 61.4 Å². The molecular formula is C25H25Br2NO5S2. The highest BCUT2D eigenvalue weighted by Gasteiger charge is 2.31. The molecule has 10 heteroatoms. The zero-order valence-electron chi connectivity index (χ0n) is 19.1. The molecule has 0 saturated carbocycles. The standard InChI is InChI=1S/C25H25Br2NO5S2/c1-2-32-20-13-17(12-19(27)23(20)33-15-16-7-6-8-18(26)11-16)14-21-24(31)28(25(34)35-21)10-5-3-4-9-22(29)30/h6-8,11-14H,2-5,9-10,15H2,1H3,(H,29,30)/b21-14+. The van der Waals surface area contributed by atoms with Gasteiger partial charge in [-0.05, 0) is 77.2 Å². The number of hydrogen-bond acceptors (Lipinski definition) is 6. The Balaban J connectivity index is 1.72. The average molecular weight is 643 g/mol. The van der Waals surface area contributed by atoms with Crippen molar-refractivity contribution in [2.75, 3.05) is 13.2 Å². The Bertz CT molecular complexity index is 1140. The van der Waals surface area contributed by atoms with E-state index in [1.54, 1.807) is 11.0 Å². The molecule has 0 aliphatic carbocycles. The fourth-order valence-corrected chi connectivity index (χ4v) is 5.75. The summed E-state index contributed by atoms with van der Waals surface area (Å²) in [5.41, 5.74) is 1.81. The Morgan fingerprint density at radius 1 is 1.17 bits per heavy atom. The topological polar surface area (TPSA) is 76.1 Å². The first-order chi connectivity index (χ1) is 16.8. The second kappa shape index (κ2) is 13.4. The van der Waals surface area contributed by atoms with Gasteiger partial charge in [0.05, 0.1) is 16.0 Å². The van der Waals surface area contributed by atoms with Crippen molar-refractivity contribution in [1.82, 2.24) is 4.90 Å². The Kier molecular flexibility index (Phi) is 10.6. The molecule has 186 valence electrons. The summed E-state index contributed by atoms with van der Waals surface area (Å²) in [7, 11) is 0. The molecular weight excluding hydrogens is 618 g/mol. The first-order valence-corrected chi connectivity index (χ1v) is 13.9. The number of rotatable bonds is 12. The van der Waals surface area contributed by atoms with E-state index in [2.05, 4.69) is 31.9 Å². The first kappa shape index (κ1) is 27.7. The third kappa shape index (κ3) is 8.06. The van der Waals surface area contributed by atoms with Crippen molar-refractivity contribution in [2.45, 2.75) is 39.2 Å². The summed E-state index contributed by atoms with van der Waals surface area (Å²) in [4.78, 5) is 25.7. The zero-order chi connectivity index (χ0) is 25.4. The molecule has 3 rings (SSSR count). The molecule has 1 amide bonds. The van der Waals surface area contributed by atoms with Crippen LogP contribution < -0.4 is 9.47 Å². The van der Waals surface area contributed by atoms with Crippen LogP contribution in [0.3, 0.4) is 0 Å². The molecule has 1 heterocycles. The summed E-state index contributed by atoms with van der Waals surface area (Å²) in [6.45, 7) is 3.23. The number of benzene rings is 2. The molecule has 1 fully saturated rings. The van der Waals surface area contributed by atoms with Gasteiger partial charge in [-0.25, -0.2) is 0 Å². The molecule has 0 radical (unpaired) electrons. The van der Waals surface area contributed by atoms with Crippen LogP contribution in [-0.2, 0) is 16.2 Å². The molecule has 1 aliphatic rings. The van der Waals surface area contributed by atoms with Crippen molar-refractivity contribution in [3.8, 4) is 11.5 Å². The second-order valence-corrected chi connectivity index (χ2v) is 11.2. The highest BCUT2D eigenvalue weighted by atomic mass is 79.9. The molecule has 0 aromatic heterocycles. The molecule has 1 N–H and O–H groups in total. The molecule has 1 aliphatic heterocycles. The van der Waals surface area contributed by atoms with Crippen LogP contribution in [0.5, 0.6) is 11.5 Å². The number of hydrogen-bond donors (Lipinski definition) is 1. The van der Waals surface area contributed by atoms with Gasteiger partial charge in [0, 0.05) is 17.4 Å². The molecule has 35 heavy (non-hydrogen) atoms. The van der Waals surface area contributed by atoms with Gasteiger partial charge in [0.25, 0.3) is 5.91 Å². The van der Waals surface area contributed by atoms with Crippen molar-refractivity contribution >= 4 is 78.1 Å². The number of ether oxygens (including phenoxy) is 2. The van der Waals surface area contributed by atoms with Gasteiger partial charge in [-0.1, -0.05) is 58.5 Å². The maximum absolute atomic E-state index is 12.9. The zero-order valence-corrected chi connectivity index (χ0v) is 23.9. The number of nitrogens with zero attached hydrogens (tertiary/aromatic N) is 1. The monoisotopic (exact) mass is 641 g/mol. The number of carboxylic acid groups (broad SMARTS) is 1. The molecule has 2 aromatic carbocycles. The van der Waals surface area contributed by atoms with Gasteiger partial charge >= 0.3 is 5.97 Å². The lowest BCUT2D eigenvalue weighted by molar-refractivity contribution is -0.137. The molecule has 2 aromatic rings. The third-order valence-corrected chi connectivity index (χ3v) is 7.51. The van der Waals surface area contributed by atoms with E-state index in [0.717, 1.165) is 26.5 Å². The second-order valence-electron chi connectivity index (χ2n) is 7.72. The van der Waals surface area contributed by atoms with Gasteiger partial charge in [-0.15, -0.1) is 0 Å². The maximum atomic E-state index is 12.9. The van der Waals surface area contributed by atoms with Crippen LogP contribution in [0.15, 0.2) is 50.2 Å². The Labute approximate surface area is 231 Å². The summed E-state index contributed by atoms with van der Waals surface area (Å²) in [6, 6.07) is 11.6. The number of aliphatic carboxylic acids is 1. The predicted octanol–water partition coefficient (Wildman–Crippen LogP) is 7.04. The lowest BCUT2D eigenvalue weighted by Crippen LogP contribution is -2.29. The molecule has 6 nitrogen and oxygen atoms in total. The van der Waals surface area contributed by atoms with Gasteiger partial charge in [0.2, 0.25) is 0 Å². The molecule has 0 bridgehead atoms. The van der Waals surface area contributed by atoms with Crippen LogP contribution >= 0.6 is 55.8 Å². The minimum absolute atomic E-state index is 0.137. The van der Waals surface area contributed by atoms with Gasteiger partial charge in [0.15, 0.2) is 11.5 Å². The summed E-state index contributed by atoms with van der Waals surface area (Å²) < 4.78 is 14.1. The number of unbranched alkanes of at least 4 members (excludes halogenated alkanes) is 2. The Morgan fingerprint density at radius 3 is 2.69 bits per heavy atom. The van der Waals surface area contributed by atoms with Crippen LogP contribution in [0.2, 0.25) is 0 Å². The number of carbonyl (C=O) groups is 2. The predicted molar refractivity (Wildman–Crippen MR) is 150 cm³/mol. The van der Waals surface area contributed by atoms with E-state index >= 15 is 0 Å². The normalized spacial score (nSPS) is 14.6. The first-order valence-electron chi connectivity index (χ1n) is 11.1. The van der Waals surface area contributed by atoms with Crippen LogP contribution in [0, 0.1) is 0 Å². The van der Waals surface area contributed by atoms with E-state index in [0.29, 0.717) is 53.3 Å². The Hall–Kier alpha value is -1.88. The highest BCUT2D eigenvalue weighted by Crippen LogP contribution is 2.40. The quantitative estimate of drug-likeness (QED) is 0.151. The van der Waals surface area contributed by atoms with Crippen LogP contribution in [0.1, 0.15) is 43.7 Å². The summed E-state index contributed by atoms with van der Waals surface area (Å²) >= 11 is 13.7. The fraction of sp³-hybridized carbons (Fsp3) is 0.320. The minimum atomic E-state index is -0.805. The van der Waals surface area contributed by atoms with Gasteiger partial charge in [-0.3, -0.25) is 14.5 Å². The summed E-state index contributed by atoms with van der Waals surface area (Å²) in [6.07, 6.45) is 3.96.